The summed E-state index contributed by atoms with van der Waals surface area (Å²) in [7, 11) is -0.614. The van der Waals surface area contributed by atoms with Crippen molar-refractivity contribution in [3.05, 3.63) is 18.3 Å². The van der Waals surface area contributed by atoms with E-state index in [4.69, 9.17) is 5.11 Å². The summed E-state index contributed by atoms with van der Waals surface area (Å²) in [4.78, 5) is 14.3. The predicted molar refractivity (Wildman–Crippen MR) is 63.5 cm³/mol. The van der Waals surface area contributed by atoms with Gasteiger partial charge < -0.3 is 5.11 Å². The highest BCUT2D eigenvalue weighted by Crippen LogP contribution is 2.18. The van der Waals surface area contributed by atoms with Gasteiger partial charge in [-0.05, 0) is 12.1 Å². The molecule has 0 saturated heterocycles. The maximum atomic E-state index is 11.7. The van der Waals surface area contributed by atoms with Crippen LogP contribution < -0.4 is 0 Å². The maximum Gasteiger partial charge on any atom is 0.313 e. The number of rotatable bonds is 5. The number of pyridine rings is 1. The number of carboxylic acid groups (broad SMARTS) is 1. The summed E-state index contributed by atoms with van der Waals surface area (Å²) in [5.74, 6) is -1.05. The molecule has 8 heteroatoms. The van der Waals surface area contributed by atoms with Gasteiger partial charge in [0, 0.05) is 20.3 Å². The van der Waals surface area contributed by atoms with Crippen molar-refractivity contribution in [3.8, 4) is 0 Å². The van der Waals surface area contributed by atoms with Crippen LogP contribution in [0.1, 0.15) is 0 Å². The molecule has 1 heterocycles. The number of aliphatic carboxylic acids is 1. The van der Waals surface area contributed by atoms with Gasteiger partial charge in [-0.2, -0.15) is 0 Å². The zero-order valence-corrected chi connectivity index (χ0v) is 11.0. The van der Waals surface area contributed by atoms with E-state index in [9.17, 15) is 13.2 Å². The van der Waals surface area contributed by atoms with Gasteiger partial charge in [-0.3, -0.25) is 4.79 Å². The fourth-order valence-corrected chi connectivity index (χ4v) is 2.36. The average molecular weight is 276 g/mol. The Morgan fingerprint density at radius 3 is 2.53 bits per heavy atom. The lowest BCUT2D eigenvalue weighted by Gasteiger charge is -2.10. The number of sulfonamides is 1. The summed E-state index contributed by atoms with van der Waals surface area (Å²) in [6.45, 7) is 0. The highest BCUT2D eigenvalue weighted by molar-refractivity contribution is 7.99. The molecule has 1 rings (SSSR count). The smallest absolute Gasteiger partial charge is 0.313 e. The Morgan fingerprint density at radius 2 is 2.12 bits per heavy atom. The second kappa shape index (κ2) is 5.48. The van der Waals surface area contributed by atoms with Crippen molar-refractivity contribution in [2.45, 2.75) is 9.92 Å². The quantitative estimate of drug-likeness (QED) is 0.788. The second-order valence-corrected chi connectivity index (χ2v) is 6.45. The second-order valence-electron chi connectivity index (χ2n) is 3.30. The molecule has 17 heavy (non-hydrogen) atoms. The van der Waals surface area contributed by atoms with Gasteiger partial charge in [0.2, 0.25) is 10.0 Å². The van der Waals surface area contributed by atoms with E-state index in [1.807, 2.05) is 0 Å². The Balaban J connectivity index is 2.85. The van der Waals surface area contributed by atoms with Crippen LogP contribution in [0, 0.1) is 0 Å². The van der Waals surface area contributed by atoms with Crippen LogP contribution in [0.5, 0.6) is 0 Å². The Bertz CT molecular complexity index is 496. The summed E-state index contributed by atoms with van der Waals surface area (Å²) >= 11 is 1.04. The van der Waals surface area contributed by atoms with E-state index in [1.165, 1.54) is 32.4 Å². The highest BCUT2D eigenvalue weighted by atomic mass is 32.2. The third-order valence-electron chi connectivity index (χ3n) is 1.83. The van der Waals surface area contributed by atoms with E-state index >= 15 is 0 Å². The summed E-state index contributed by atoms with van der Waals surface area (Å²) in [6.07, 6.45) is 1.22. The van der Waals surface area contributed by atoms with E-state index in [0.717, 1.165) is 16.1 Å². The van der Waals surface area contributed by atoms with E-state index in [0.29, 0.717) is 5.03 Å². The summed E-state index contributed by atoms with van der Waals surface area (Å²) in [5.41, 5.74) is 0. The number of nitrogens with zero attached hydrogens (tertiary/aromatic N) is 2. The Hall–Kier alpha value is -1.12. The number of hydrogen-bond acceptors (Lipinski definition) is 5. The maximum absolute atomic E-state index is 11.7. The first-order valence-electron chi connectivity index (χ1n) is 4.57. The molecule has 1 aromatic rings. The first-order chi connectivity index (χ1) is 7.84. The molecule has 0 bridgehead atoms. The molecule has 0 spiro atoms. The van der Waals surface area contributed by atoms with E-state index in [2.05, 4.69) is 4.98 Å². The molecule has 1 aromatic heterocycles. The lowest BCUT2D eigenvalue weighted by atomic mass is 10.5. The Morgan fingerprint density at radius 1 is 1.47 bits per heavy atom. The molecule has 0 aliphatic heterocycles. The number of carboxylic acids is 1. The van der Waals surface area contributed by atoms with Crippen LogP contribution >= 0.6 is 11.8 Å². The zero-order valence-electron chi connectivity index (χ0n) is 9.32. The van der Waals surface area contributed by atoms with E-state index < -0.39 is 16.0 Å². The molecule has 0 unspecified atom stereocenters. The first kappa shape index (κ1) is 13.9. The number of carbonyl (C=O) groups is 1. The molecule has 0 fully saturated rings. The van der Waals surface area contributed by atoms with Crippen molar-refractivity contribution in [2.24, 2.45) is 0 Å². The Kier molecular flexibility index (Phi) is 4.49. The molecule has 0 aromatic carbocycles. The van der Waals surface area contributed by atoms with Crippen LogP contribution in [-0.2, 0) is 14.8 Å². The first-order valence-corrected chi connectivity index (χ1v) is 7.00. The number of aromatic nitrogens is 1. The van der Waals surface area contributed by atoms with Gasteiger partial charge in [-0.15, -0.1) is 0 Å². The molecule has 94 valence electrons. The zero-order chi connectivity index (χ0) is 13.1. The van der Waals surface area contributed by atoms with E-state index in [-0.39, 0.29) is 10.6 Å². The van der Waals surface area contributed by atoms with Crippen LogP contribution in [0.2, 0.25) is 0 Å². The minimum absolute atomic E-state index is 0.0853. The number of hydrogen-bond donors (Lipinski definition) is 1. The summed E-state index contributed by atoms with van der Waals surface area (Å²) in [6, 6.07) is 2.90. The third-order valence-corrected chi connectivity index (χ3v) is 4.56. The third kappa shape index (κ3) is 3.69. The molecule has 0 aliphatic carbocycles. The normalized spacial score (nSPS) is 11.7. The predicted octanol–water partition coefficient (Wildman–Crippen LogP) is 0.509. The Labute approximate surface area is 104 Å². The molecule has 0 aliphatic rings. The standard InChI is InChI=1S/C9H12N2O4S2/c1-11(2)17(14,15)7-3-4-8(10-5-7)16-6-9(12)13/h3-5H,6H2,1-2H3,(H,12,13). The van der Waals surface area contributed by atoms with Crippen LogP contribution in [0.4, 0.5) is 0 Å². The summed E-state index contributed by atoms with van der Waals surface area (Å²) in [5, 5.41) is 8.96. The monoisotopic (exact) mass is 276 g/mol. The van der Waals surface area contributed by atoms with Crippen molar-refractivity contribution in [2.75, 3.05) is 19.8 Å². The SMILES string of the molecule is CN(C)S(=O)(=O)c1ccc(SCC(=O)O)nc1. The minimum Gasteiger partial charge on any atom is -0.481 e. The average Bonchev–Trinajstić information content (AvgIpc) is 2.26. The van der Waals surface area contributed by atoms with Crippen molar-refractivity contribution in [1.29, 1.82) is 0 Å². The van der Waals surface area contributed by atoms with Gasteiger partial charge in [-0.1, -0.05) is 11.8 Å². The van der Waals surface area contributed by atoms with Gasteiger partial charge in [-0.25, -0.2) is 17.7 Å². The molecular formula is C9H12N2O4S2. The molecule has 6 nitrogen and oxygen atoms in total. The van der Waals surface area contributed by atoms with Gasteiger partial charge in [0.15, 0.2) is 0 Å². The van der Waals surface area contributed by atoms with Crippen molar-refractivity contribution in [3.63, 3.8) is 0 Å². The van der Waals surface area contributed by atoms with Crippen LogP contribution in [0.25, 0.3) is 0 Å². The fraction of sp³-hybridized carbons (Fsp3) is 0.333. The molecule has 0 radical (unpaired) electrons. The van der Waals surface area contributed by atoms with Gasteiger partial charge in [0.05, 0.1) is 10.8 Å². The van der Waals surface area contributed by atoms with Gasteiger partial charge in [0.1, 0.15) is 4.90 Å². The van der Waals surface area contributed by atoms with Gasteiger partial charge in [0.25, 0.3) is 0 Å². The van der Waals surface area contributed by atoms with Crippen molar-refractivity contribution in [1.82, 2.24) is 9.29 Å². The highest BCUT2D eigenvalue weighted by Gasteiger charge is 2.17. The largest absolute Gasteiger partial charge is 0.481 e. The molecule has 0 atom stereocenters. The number of thioether (sulfide) groups is 1. The molecule has 1 N–H and O–H groups in total. The van der Waals surface area contributed by atoms with Crippen LogP contribution in [0.15, 0.2) is 28.3 Å². The molecule has 0 saturated carbocycles. The summed E-state index contributed by atoms with van der Waals surface area (Å²) < 4.78 is 24.5. The van der Waals surface area contributed by atoms with Crippen molar-refractivity contribution < 1.29 is 18.3 Å². The van der Waals surface area contributed by atoms with Crippen molar-refractivity contribution >= 4 is 27.8 Å². The van der Waals surface area contributed by atoms with Crippen LogP contribution in [0.3, 0.4) is 0 Å². The van der Waals surface area contributed by atoms with E-state index in [1.54, 1.807) is 0 Å². The fourth-order valence-electron chi connectivity index (χ4n) is 0.951. The lowest BCUT2D eigenvalue weighted by Crippen LogP contribution is -2.22. The minimum atomic E-state index is -3.48. The van der Waals surface area contributed by atoms with Gasteiger partial charge >= 0.3 is 5.97 Å². The van der Waals surface area contributed by atoms with Crippen LogP contribution in [-0.4, -0.2) is 48.6 Å². The lowest BCUT2D eigenvalue weighted by molar-refractivity contribution is -0.133. The molecule has 0 amide bonds. The topological polar surface area (TPSA) is 87.6 Å². The molecular weight excluding hydrogens is 264 g/mol.